The predicted molar refractivity (Wildman–Crippen MR) is 100 cm³/mol. The zero-order valence-corrected chi connectivity index (χ0v) is 16.9. The maximum atomic E-state index is 13.0. The molecule has 0 bridgehead atoms. The highest BCUT2D eigenvalue weighted by atomic mass is 79.9. The summed E-state index contributed by atoms with van der Waals surface area (Å²) in [5, 5.41) is 3.16. The number of piperazine rings is 1. The molecule has 2 aromatic carbocycles. The lowest BCUT2D eigenvalue weighted by Crippen LogP contribution is -2.45. The fraction of sp³-hybridized carbons (Fsp3) is 0.368. The van der Waals surface area contributed by atoms with Crippen LogP contribution >= 0.6 is 15.9 Å². The van der Waals surface area contributed by atoms with Crippen molar-refractivity contribution in [2.75, 3.05) is 26.2 Å². The molecule has 1 aliphatic heterocycles. The van der Waals surface area contributed by atoms with Crippen molar-refractivity contribution in [1.82, 2.24) is 10.2 Å². The molecule has 4 nitrogen and oxygen atoms in total. The summed E-state index contributed by atoms with van der Waals surface area (Å²) < 4.78 is 84.9. The molecule has 0 saturated carbocycles. The first kappa shape index (κ1) is 22.7. The largest absolute Gasteiger partial charge is 0.573 e. The summed E-state index contributed by atoms with van der Waals surface area (Å²) >= 11 is 3.27. The molecule has 2 aromatic rings. The topological polar surface area (TPSA) is 33.7 Å². The van der Waals surface area contributed by atoms with E-state index in [0.29, 0.717) is 36.2 Å². The third-order valence-corrected chi connectivity index (χ3v) is 4.93. The Morgan fingerprint density at radius 3 is 2.03 bits per heavy atom. The maximum absolute atomic E-state index is 13.0. The lowest BCUT2D eigenvalue weighted by atomic mass is 9.95. The standard InChI is InChI=1S/C19H17BrF6N2O2/c20-13-3-6-16(30-19(24,25)26)15(11-13)17(28-9-7-27-8-10-28)12-1-4-14(5-2-12)29-18(21,22)23/h1-6,11,17,27H,7-10H2/t17-/m0/s1. The SMILES string of the molecule is FC(F)(F)Oc1ccc([C@@H](c2cc(Br)ccc2OC(F)(F)F)N2CCNCC2)cc1. The van der Waals surface area contributed by atoms with Crippen molar-refractivity contribution in [2.45, 2.75) is 18.8 Å². The average molecular weight is 499 g/mol. The van der Waals surface area contributed by atoms with Gasteiger partial charge >= 0.3 is 12.7 Å². The molecule has 1 atom stereocenters. The molecule has 1 heterocycles. The van der Waals surface area contributed by atoms with Crippen LogP contribution in [0.2, 0.25) is 0 Å². The zero-order valence-electron chi connectivity index (χ0n) is 15.4. The van der Waals surface area contributed by atoms with Crippen molar-refractivity contribution in [1.29, 1.82) is 0 Å². The van der Waals surface area contributed by atoms with Gasteiger partial charge in [-0.05, 0) is 35.9 Å². The highest BCUT2D eigenvalue weighted by Gasteiger charge is 2.35. The van der Waals surface area contributed by atoms with Gasteiger partial charge in [-0.15, -0.1) is 26.3 Å². The summed E-state index contributed by atoms with van der Waals surface area (Å²) in [6, 6.07) is 8.59. The van der Waals surface area contributed by atoms with Crippen molar-refractivity contribution in [3.8, 4) is 11.5 Å². The molecule has 0 amide bonds. The number of hydrogen-bond donors (Lipinski definition) is 1. The number of rotatable bonds is 5. The van der Waals surface area contributed by atoms with E-state index in [2.05, 4.69) is 30.7 Å². The van der Waals surface area contributed by atoms with E-state index in [1.165, 1.54) is 30.3 Å². The summed E-state index contributed by atoms with van der Waals surface area (Å²) in [6.45, 7) is 2.30. The molecule has 11 heteroatoms. The lowest BCUT2D eigenvalue weighted by Gasteiger charge is -2.36. The van der Waals surface area contributed by atoms with Crippen molar-refractivity contribution < 1.29 is 35.8 Å². The molecular formula is C19H17BrF6N2O2. The first-order valence-corrected chi connectivity index (χ1v) is 9.67. The van der Waals surface area contributed by atoms with Gasteiger partial charge in [-0.1, -0.05) is 28.1 Å². The van der Waals surface area contributed by atoms with E-state index in [9.17, 15) is 26.3 Å². The van der Waals surface area contributed by atoms with Crippen LogP contribution in [0.1, 0.15) is 17.2 Å². The van der Waals surface area contributed by atoms with Crippen LogP contribution in [0.25, 0.3) is 0 Å². The Morgan fingerprint density at radius 1 is 0.867 bits per heavy atom. The minimum atomic E-state index is -4.89. The predicted octanol–water partition coefficient (Wildman–Crippen LogP) is 5.24. The highest BCUT2D eigenvalue weighted by molar-refractivity contribution is 9.10. The Kier molecular flexibility index (Phi) is 6.83. The summed E-state index contributed by atoms with van der Waals surface area (Å²) in [4.78, 5) is 1.95. The quantitative estimate of drug-likeness (QED) is 0.571. The van der Waals surface area contributed by atoms with Crippen LogP contribution in [0.3, 0.4) is 0 Å². The third kappa shape index (κ3) is 6.26. The Morgan fingerprint density at radius 2 is 1.47 bits per heavy atom. The highest BCUT2D eigenvalue weighted by Crippen LogP contribution is 2.39. The smallest absolute Gasteiger partial charge is 0.406 e. The molecule has 0 aromatic heterocycles. The van der Waals surface area contributed by atoms with Crippen LogP contribution in [0.4, 0.5) is 26.3 Å². The molecule has 0 radical (unpaired) electrons. The second-order valence-electron chi connectivity index (χ2n) is 6.54. The number of halogens is 7. The van der Waals surface area contributed by atoms with Crippen LogP contribution in [0, 0.1) is 0 Å². The average Bonchev–Trinajstić information content (AvgIpc) is 2.64. The molecule has 1 N–H and O–H groups in total. The first-order chi connectivity index (χ1) is 14.0. The summed E-state index contributed by atoms with van der Waals surface area (Å²) in [7, 11) is 0. The number of alkyl halides is 6. The summed E-state index contributed by atoms with van der Waals surface area (Å²) in [5.74, 6) is -0.781. The van der Waals surface area contributed by atoms with E-state index in [1.54, 1.807) is 0 Å². The Bertz CT molecular complexity index is 852. The molecule has 1 aliphatic rings. The van der Waals surface area contributed by atoms with Crippen LogP contribution in [0.5, 0.6) is 11.5 Å². The Labute approximate surface area is 176 Å². The minimum absolute atomic E-state index is 0.244. The lowest BCUT2D eigenvalue weighted by molar-refractivity contribution is -0.275. The van der Waals surface area contributed by atoms with Crippen molar-refractivity contribution in [2.24, 2.45) is 0 Å². The summed E-state index contributed by atoms with van der Waals surface area (Å²) in [5.41, 5.74) is 0.754. The first-order valence-electron chi connectivity index (χ1n) is 8.87. The molecule has 1 saturated heterocycles. The van der Waals surface area contributed by atoms with Gasteiger partial charge in [0.15, 0.2) is 0 Å². The van der Waals surface area contributed by atoms with Crippen LogP contribution in [0.15, 0.2) is 46.9 Å². The third-order valence-electron chi connectivity index (χ3n) is 4.44. The second kappa shape index (κ2) is 9.03. The van der Waals surface area contributed by atoms with Gasteiger partial charge in [0, 0.05) is 36.2 Å². The minimum Gasteiger partial charge on any atom is -0.406 e. The normalized spacial score (nSPS) is 16.9. The molecule has 0 unspecified atom stereocenters. The van der Waals surface area contributed by atoms with Gasteiger partial charge in [-0.2, -0.15) is 0 Å². The molecule has 1 fully saturated rings. The molecule has 0 aliphatic carbocycles. The fourth-order valence-corrected chi connectivity index (χ4v) is 3.71. The van der Waals surface area contributed by atoms with Crippen LogP contribution < -0.4 is 14.8 Å². The molecule has 3 rings (SSSR count). The molecule has 0 spiro atoms. The van der Waals surface area contributed by atoms with E-state index >= 15 is 0 Å². The van der Waals surface area contributed by atoms with Gasteiger partial charge in [0.2, 0.25) is 0 Å². The van der Waals surface area contributed by atoms with E-state index in [-0.39, 0.29) is 11.3 Å². The van der Waals surface area contributed by atoms with Crippen LogP contribution in [-0.2, 0) is 0 Å². The Hall–Kier alpha value is -1.98. The molecule has 164 valence electrons. The number of nitrogens with zero attached hydrogens (tertiary/aromatic N) is 1. The van der Waals surface area contributed by atoms with Crippen molar-refractivity contribution in [3.63, 3.8) is 0 Å². The number of nitrogens with one attached hydrogen (secondary N) is 1. The Balaban J connectivity index is 2.03. The van der Waals surface area contributed by atoms with Crippen LogP contribution in [-0.4, -0.2) is 43.8 Å². The van der Waals surface area contributed by atoms with E-state index in [4.69, 9.17) is 0 Å². The number of ether oxygens (including phenoxy) is 2. The van der Waals surface area contributed by atoms with Gasteiger partial charge in [0.1, 0.15) is 11.5 Å². The summed E-state index contributed by atoms with van der Waals surface area (Å²) in [6.07, 6.45) is -9.72. The van der Waals surface area contributed by atoms with Crippen molar-refractivity contribution >= 4 is 15.9 Å². The fourth-order valence-electron chi connectivity index (χ4n) is 3.33. The van der Waals surface area contributed by atoms with E-state index < -0.39 is 24.5 Å². The van der Waals surface area contributed by atoms with Gasteiger partial charge in [-0.3, -0.25) is 4.90 Å². The number of benzene rings is 2. The second-order valence-corrected chi connectivity index (χ2v) is 7.45. The van der Waals surface area contributed by atoms with Gasteiger partial charge in [-0.25, -0.2) is 0 Å². The maximum Gasteiger partial charge on any atom is 0.573 e. The molecule has 30 heavy (non-hydrogen) atoms. The van der Waals surface area contributed by atoms with Gasteiger partial charge in [0.25, 0.3) is 0 Å². The number of hydrogen-bond acceptors (Lipinski definition) is 4. The zero-order chi connectivity index (χ0) is 21.9. The van der Waals surface area contributed by atoms with Crippen molar-refractivity contribution in [3.05, 3.63) is 58.1 Å². The molecular weight excluding hydrogens is 482 g/mol. The van der Waals surface area contributed by atoms with E-state index in [0.717, 1.165) is 12.1 Å². The van der Waals surface area contributed by atoms with Gasteiger partial charge < -0.3 is 14.8 Å². The van der Waals surface area contributed by atoms with E-state index in [1.807, 2.05) is 4.90 Å². The van der Waals surface area contributed by atoms with Gasteiger partial charge in [0.05, 0.1) is 6.04 Å². The monoisotopic (exact) mass is 498 g/mol.